The Bertz CT molecular complexity index is 239. The van der Waals surface area contributed by atoms with Crippen LogP contribution in [0.3, 0.4) is 0 Å². The predicted molar refractivity (Wildman–Crippen MR) is 92.1 cm³/mol. The van der Waals surface area contributed by atoms with Crippen molar-refractivity contribution < 1.29 is 9.90 Å². The topological polar surface area (TPSA) is 72.3 Å². The minimum Gasteiger partial charge on any atom is -0.481 e. The zero-order valence-corrected chi connectivity index (χ0v) is 14.1. The summed E-state index contributed by atoms with van der Waals surface area (Å²) in [7, 11) is 0. The quantitative estimate of drug-likeness (QED) is 0.276. The molecular formula is C18H37NO2. The van der Waals surface area contributed by atoms with Gasteiger partial charge in [-0.2, -0.15) is 0 Å². The molecule has 0 saturated carbocycles. The molecule has 0 aromatic carbocycles. The zero-order valence-electron chi connectivity index (χ0n) is 14.1. The zero-order chi connectivity index (χ0) is 14.9. The van der Waals surface area contributed by atoms with Gasteiger partial charge < -0.3 is 11.3 Å². The monoisotopic (exact) mass is 299 g/mol. The van der Waals surface area contributed by atoms with Crippen LogP contribution in [0.5, 0.6) is 0 Å². The van der Waals surface area contributed by atoms with Gasteiger partial charge in [0.15, 0.2) is 0 Å². The highest BCUT2D eigenvalue weighted by Gasteiger charge is 1.95. The van der Waals surface area contributed by atoms with Crippen LogP contribution in [0.4, 0.5) is 0 Å². The van der Waals surface area contributed by atoms with Gasteiger partial charge >= 0.3 is 5.97 Å². The maximum atomic E-state index is 10.3. The largest absolute Gasteiger partial charge is 0.481 e. The van der Waals surface area contributed by atoms with Crippen molar-refractivity contribution in [3.05, 3.63) is 12.2 Å². The molecule has 0 fully saturated rings. The summed E-state index contributed by atoms with van der Waals surface area (Å²) in [4.78, 5) is 10.3. The second-order valence-corrected chi connectivity index (χ2v) is 5.73. The third-order valence-corrected chi connectivity index (χ3v) is 3.65. The van der Waals surface area contributed by atoms with Crippen LogP contribution in [0, 0.1) is 0 Å². The molecule has 0 rings (SSSR count). The number of allylic oxidation sites excluding steroid dienone is 2. The third-order valence-electron chi connectivity index (χ3n) is 3.65. The molecule has 3 nitrogen and oxygen atoms in total. The molecule has 0 aromatic rings. The van der Waals surface area contributed by atoms with Crippen molar-refractivity contribution in [2.24, 2.45) is 0 Å². The minimum absolute atomic E-state index is 0. The Labute approximate surface area is 131 Å². The fraction of sp³-hybridized carbons (Fsp3) is 0.833. The Kier molecular flexibility index (Phi) is 20.5. The molecule has 0 saturated heterocycles. The van der Waals surface area contributed by atoms with Crippen LogP contribution in [0.15, 0.2) is 12.2 Å². The average molecular weight is 299 g/mol. The van der Waals surface area contributed by atoms with E-state index in [1.165, 1.54) is 70.6 Å². The first kappa shape index (κ1) is 22.5. The van der Waals surface area contributed by atoms with Gasteiger partial charge in [-0.15, -0.1) is 0 Å². The maximum absolute atomic E-state index is 10.3. The van der Waals surface area contributed by atoms with Gasteiger partial charge in [0.05, 0.1) is 0 Å². The van der Waals surface area contributed by atoms with Crippen LogP contribution in [0.25, 0.3) is 0 Å². The number of carbonyl (C=O) groups is 1. The molecule has 0 amide bonds. The number of hydrogen-bond donors (Lipinski definition) is 2. The highest BCUT2D eigenvalue weighted by molar-refractivity contribution is 5.66. The van der Waals surface area contributed by atoms with Gasteiger partial charge in [-0.25, -0.2) is 0 Å². The Morgan fingerprint density at radius 3 is 1.67 bits per heavy atom. The summed E-state index contributed by atoms with van der Waals surface area (Å²) < 4.78 is 0. The second-order valence-electron chi connectivity index (χ2n) is 5.73. The lowest BCUT2D eigenvalue weighted by Gasteiger charge is -1.99. The molecule has 0 aliphatic carbocycles. The van der Waals surface area contributed by atoms with E-state index in [1.807, 2.05) is 0 Å². The molecule has 21 heavy (non-hydrogen) atoms. The Morgan fingerprint density at radius 1 is 0.762 bits per heavy atom. The molecule has 126 valence electrons. The van der Waals surface area contributed by atoms with Crippen LogP contribution in [0.2, 0.25) is 0 Å². The van der Waals surface area contributed by atoms with Crippen LogP contribution in [-0.2, 0) is 4.79 Å². The number of rotatable bonds is 15. The average Bonchev–Trinajstić information content (AvgIpc) is 2.43. The molecule has 4 N–H and O–H groups in total. The highest BCUT2D eigenvalue weighted by Crippen LogP contribution is 2.09. The molecular weight excluding hydrogens is 262 g/mol. The lowest BCUT2D eigenvalue weighted by Crippen LogP contribution is -1.93. The third kappa shape index (κ3) is 21.6. The van der Waals surface area contributed by atoms with E-state index in [0.717, 1.165) is 12.8 Å². The molecule has 0 aromatic heterocycles. The van der Waals surface area contributed by atoms with Crippen molar-refractivity contribution in [1.82, 2.24) is 6.15 Å². The standard InChI is InChI=1S/C18H34O2.H3N/c1-2-3-4-5-6-7-8-9-10-11-12-13-14-15-16-17-18(19)20;/h9-10H,2-8,11-17H2,1H3,(H,19,20);1H3. The van der Waals surface area contributed by atoms with E-state index >= 15 is 0 Å². The Hall–Kier alpha value is -0.830. The molecule has 0 atom stereocenters. The van der Waals surface area contributed by atoms with Crippen molar-refractivity contribution in [2.45, 2.75) is 96.8 Å². The highest BCUT2D eigenvalue weighted by atomic mass is 16.4. The fourth-order valence-corrected chi connectivity index (χ4v) is 2.35. The first-order valence-electron chi connectivity index (χ1n) is 8.64. The van der Waals surface area contributed by atoms with Crippen molar-refractivity contribution in [3.63, 3.8) is 0 Å². The van der Waals surface area contributed by atoms with Crippen LogP contribution >= 0.6 is 0 Å². The van der Waals surface area contributed by atoms with E-state index < -0.39 is 5.97 Å². The van der Waals surface area contributed by atoms with Crippen LogP contribution in [0.1, 0.15) is 96.8 Å². The predicted octanol–water partition coefficient (Wildman–Crippen LogP) is 6.27. The van der Waals surface area contributed by atoms with E-state index in [9.17, 15) is 4.79 Å². The van der Waals surface area contributed by atoms with Gasteiger partial charge in [0.1, 0.15) is 0 Å². The lowest BCUT2D eigenvalue weighted by atomic mass is 10.1. The maximum Gasteiger partial charge on any atom is 0.303 e. The summed E-state index contributed by atoms with van der Waals surface area (Å²) in [5.41, 5.74) is 0. The van der Waals surface area contributed by atoms with E-state index in [1.54, 1.807) is 0 Å². The van der Waals surface area contributed by atoms with E-state index in [0.29, 0.717) is 6.42 Å². The molecule has 0 heterocycles. The van der Waals surface area contributed by atoms with Crippen LogP contribution in [-0.4, -0.2) is 11.1 Å². The van der Waals surface area contributed by atoms with Gasteiger partial charge in [0, 0.05) is 6.42 Å². The Balaban J connectivity index is 0. The fourth-order valence-electron chi connectivity index (χ4n) is 2.35. The molecule has 0 spiro atoms. The molecule has 0 aliphatic heterocycles. The summed E-state index contributed by atoms with van der Waals surface area (Å²) in [5, 5.41) is 8.51. The number of aliphatic carboxylic acids is 1. The number of hydrogen-bond acceptors (Lipinski definition) is 2. The Morgan fingerprint density at radius 2 is 1.19 bits per heavy atom. The summed E-state index contributed by atoms with van der Waals surface area (Å²) in [6.45, 7) is 2.26. The van der Waals surface area contributed by atoms with Gasteiger partial charge in [-0.3, -0.25) is 4.79 Å². The first-order chi connectivity index (χ1) is 9.77. The normalized spacial score (nSPS) is 10.7. The van der Waals surface area contributed by atoms with Crippen molar-refractivity contribution in [2.75, 3.05) is 0 Å². The first-order valence-corrected chi connectivity index (χ1v) is 8.64. The number of carboxylic acid groups (broad SMARTS) is 1. The molecule has 3 heteroatoms. The second kappa shape index (κ2) is 19.2. The molecule has 0 aliphatic rings. The van der Waals surface area contributed by atoms with Gasteiger partial charge in [-0.1, -0.05) is 70.4 Å². The molecule has 0 radical (unpaired) electrons. The minimum atomic E-state index is -0.664. The van der Waals surface area contributed by atoms with E-state index in [-0.39, 0.29) is 6.15 Å². The molecule has 0 unspecified atom stereocenters. The number of unbranched alkanes of at least 4 members (excludes halogenated alkanes) is 11. The summed E-state index contributed by atoms with van der Waals surface area (Å²) >= 11 is 0. The van der Waals surface area contributed by atoms with E-state index in [4.69, 9.17) is 5.11 Å². The summed E-state index contributed by atoms with van der Waals surface area (Å²) in [5.74, 6) is -0.664. The van der Waals surface area contributed by atoms with E-state index in [2.05, 4.69) is 19.1 Å². The van der Waals surface area contributed by atoms with Gasteiger partial charge in [0.25, 0.3) is 0 Å². The van der Waals surface area contributed by atoms with Gasteiger partial charge in [0.2, 0.25) is 0 Å². The SMILES string of the molecule is CCCCCCCCC=CCCCCCCCC(=O)O.N. The lowest BCUT2D eigenvalue weighted by molar-refractivity contribution is -0.137. The summed E-state index contributed by atoms with van der Waals surface area (Å²) in [6, 6.07) is 0. The molecule has 0 bridgehead atoms. The van der Waals surface area contributed by atoms with Crippen LogP contribution < -0.4 is 6.15 Å². The van der Waals surface area contributed by atoms with Crippen molar-refractivity contribution >= 4 is 5.97 Å². The smallest absolute Gasteiger partial charge is 0.303 e. The van der Waals surface area contributed by atoms with Crippen molar-refractivity contribution in [1.29, 1.82) is 0 Å². The van der Waals surface area contributed by atoms with Gasteiger partial charge in [-0.05, 0) is 32.1 Å². The summed E-state index contributed by atoms with van der Waals surface area (Å²) in [6.07, 6.45) is 21.2. The number of carboxylic acids is 1. The van der Waals surface area contributed by atoms with Crippen molar-refractivity contribution in [3.8, 4) is 0 Å².